The molecule has 0 aliphatic rings. The molecule has 0 spiro atoms. The maximum atomic E-state index is 9.53. The first kappa shape index (κ1) is 21.5. The van der Waals surface area contributed by atoms with Gasteiger partial charge in [0.05, 0.1) is 6.10 Å². The van der Waals surface area contributed by atoms with E-state index in [1.165, 1.54) is 63.4 Å². The highest BCUT2D eigenvalue weighted by molar-refractivity contribution is 5.59. The van der Waals surface area contributed by atoms with E-state index in [0.717, 1.165) is 24.2 Å². The molecule has 2 N–H and O–H groups in total. The highest BCUT2D eigenvalue weighted by Crippen LogP contribution is 2.18. The van der Waals surface area contributed by atoms with Gasteiger partial charge in [0.1, 0.15) is 0 Å². The van der Waals surface area contributed by atoms with Crippen LogP contribution in [0.4, 0.5) is 11.4 Å². The molecule has 0 aliphatic carbocycles. The van der Waals surface area contributed by atoms with Crippen LogP contribution in [-0.4, -0.2) is 11.2 Å². The molecule has 0 amide bonds. The van der Waals surface area contributed by atoms with Gasteiger partial charge >= 0.3 is 0 Å². The molecule has 0 saturated heterocycles. The highest BCUT2D eigenvalue weighted by Gasteiger charge is 2.00. The number of hydrogen-bond donors (Lipinski definition) is 2. The van der Waals surface area contributed by atoms with E-state index in [2.05, 4.69) is 48.6 Å². The van der Waals surface area contributed by atoms with Gasteiger partial charge in [-0.2, -0.15) is 0 Å². The van der Waals surface area contributed by atoms with Crippen LogP contribution in [0, 0.1) is 0 Å². The summed E-state index contributed by atoms with van der Waals surface area (Å²) in [5.74, 6) is 0. The van der Waals surface area contributed by atoms with Crippen molar-refractivity contribution in [1.82, 2.24) is 0 Å². The summed E-state index contributed by atoms with van der Waals surface area (Å²) in [4.78, 5) is 0. The number of aryl methyl sites for hydroxylation is 1. The van der Waals surface area contributed by atoms with Crippen LogP contribution in [0.5, 0.6) is 0 Å². The maximum Gasteiger partial charge on any atom is 0.0537 e. The van der Waals surface area contributed by atoms with Crippen molar-refractivity contribution in [2.24, 2.45) is 0 Å². The first-order valence-corrected chi connectivity index (χ1v) is 10.9. The molecule has 2 heteroatoms. The lowest BCUT2D eigenvalue weighted by atomic mass is 10.0. The standard InChI is InChI=1S/C25H37NO/c1-2-25(27)17-13-8-6-4-3-5-7-10-14-22-18-20-24(21-19-22)26-23-15-11-9-12-16-23/h9,11-12,15-16,18-21,25-27H,2-8,10,13-14,17H2,1H3. The molecular weight excluding hydrogens is 330 g/mol. The van der Waals surface area contributed by atoms with Gasteiger partial charge in [0, 0.05) is 11.4 Å². The number of hydrogen-bond acceptors (Lipinski definition) is 2. The Morgan fingerprint density at radius 1 is 0.704 bits per heavy atom. The zero-order valence-electron chi connectivity index (χ0n) is 17.0. The van der Waals surface area contributed by atoms with Gasteiger partial charge in [-0.25, -0.2) is 0 Å². The Labute approximate surface area is 166 Å². The van der Waals surface area contributed by atoms with Gasteiger partial charge in [0.25, 0.3) is 0 Å². The largest absolute Gasteiger partial charge is 0.393 e. The summed E-state index contributed by atoms with van der Waals surface area (Å²) in [5.41, 5.74) is 3.71. The molecule has 0 fully saturated rings. The predicted molar refractivity (Wildman–Crippen MR) is 118 cm³/mol. The number of nitrogens with one attached hydrogen (secondary N) is 1. The molecule has 0 bridgehead atoms. The van der Waals surface area contributed by atoms with E-state index in [0.29, 0.717) is 0 Å². The minimum absolute atomic E-state index is 0.0758. The van der Waals surface area contributed by atoms with Crippen molar-refractivity contribution < 1.29 is 5.11 Å². The zero-order valence-corrected chi connectivity index (χ0v) is 17.0. The van der Waals surface area contributed by atoms with Crippen LogP contribution in [0.1, 0.15) is 76.7 Å². The van der Waals surface area contributed by atoms with Crippen LogP contribution in [-0.2, 0) is 6.42 Å². The molecule has 0 saturated carbocycles. The van der Waals surface area contributed by atoms with Gasteiger partial charge < -0.3 is 10.4 Å². The first-order chi connectivity index (χ1) is 13.3. The van der Waals surface area contributed by atoms with E-state index in [9.17, 15) is 5.11 Å². The smallest absolute Gasteiger partial charge is 0.0537 e. The Morgan fingerprint density at radius 3 is 1.89 bits per heavy atom. The van der Waals surface area contributed by atoms with Crippen molar-refractivity contribution in [2.75, 3.05) is 5.32 Å². The van der Waals surface area contributed by atoms with Crippen LogP contribution < -0.4 is 5.32 Å². The Morgan fingerprint density at radius 2 is 1.26 bits per heavy atom. The minimum Gasteiger partial charge on any atom is -0.393 e. The second-order valence-electron chi connectivity index (χ2n) is 7.62. The average molecular weight is 368 g/mol. The highest BCUT2D eigenvalue weighted by atomic mass is 16.3. The number of rotatable bonds is 14. The van der Waals surface area contributed by atoms with E-state index >= 15 is 0 Å². The Hall–Kier alpha value is -1.80. The summed E-state index contributed by atoms with van der Waals surface area (Å²) in [6.07, 6.45) is 13.4. The number of para-hydroxylation sites is 1. The monoisotopic (exact) mass is 367 g/mol. The second kappa shape index (κ2) is 13.4. The molecule has 2 nitrogen and oxygen atoms in total. The third kappa shape index (κ3) is 9.63. The quantitative estimate of drug-likeness (QED) is 0.344. The number of unbranched alkanes of at least 4 members (excludes halogenated alkanes) is 7. The Balaban J connectivity index is 1.48. The fourth-order valence-electron chi connectivity index (χ4n) is 3.42. The minimum atomic E-state index is -0.0758. The molecule has 27 heavy (non-hydrogen) atoms. The molecule has 0 heterocycles. The lowest BCUT2D eigenvalue weighted by Crippen LogP contribution is -2.03. The lowest BCUT2D eigenvalue weighted by Gasteiger charge is -2.08. The van der Waals surface area contributed by atoms with E-state index in [4.69, 9.17) is 0 Å². The normalized spacial score (nSPS) is 12.1. The van der Waals surface area contributed by atoms with Gasteiger partial charge in [0.2, 0.25) is 0 Å². The maximum absolute atomic E-state index is 9.53. The van der Waals surface area contributed by atoms with Crippen molar-refractivity contribution in [3.8, 4) is 0 Å². The summed E-state index contributed by atoms with van der Waals surface area (Å²) in [5, 5.41) is 13.0. The molecule has 2 aromatic rings. The number of benzene rings is 2. The van der Waals surface area contributed by atoms with Crippen LogP contribution in [0.3, 0.4) is 0 Å². The first-order valence-electron chi connectivity index (χ1n) is 10.9. The SMILES string of the molecule is CCC(O)CCCCCCCCCCc1ccc(Nc2ccccc2)cc1. The van der Waals surface area contributed by atoms with Gasteiger partial charge in [-0.1, -0.05) is 82.2 Å². The third-order valence-corrected chi connectivity index (χ3v) is 5.24. The second-order valence-corrected chi connectivity index (χ2v) is 7.62. The molecule has 148 valence electrons. The summed E-state index contributed by atoms with van der Waals surface area (Å²) in [6.45, 7) is 2.06. The lowest BCUT2D eigenvalue weighted by molar-refractivity contribution is 0.156. The molecule has 0 aromatic heterocycles. The van der Waals surface area contributed by atoms with Crippen LogP contribution in [0.25, 0.3) is 0 Å². The van der Waals surface area contributed by atoms with Gasteiger partial charge in [-0.15, -0.1) is 0 Å². The van der Waals surface area contributed by atoms with Gasteiger partial charge in [0.15, 0.2) is 0 Å². The predicted octanol–water partition coefficient (Wildman–Crippen LogP) is 7.25. The van der Waals surface area contributed by atoms with Gasteiger partial charge in [-0.05, 0) is 55.5 Å². The summed E-state index contributed by atoms with van der Waals surface area (Å²) in [6, 6.07) is 19.2. The van der Waals surface area contributed by atoms with Crippen LogP contribution in [0.2, 0.25) is 0 Å². The molecular formula is C25H37NO. The fourth-order valence-corrected chi connectivity index (χ4v) is 3.42. The number of aliphatic hydroxyl groups is 1. The van der Waals surface area contributed by atoms with Crippen molar-refractivity contribution in [1.29, 1.82) is 0 Å². The van der Waals surface area contributed by atoms with E-state index < -0.39 is 0 Å². The Kier molecular flexibility index (Phi) is 10.7. The third-order valence-electron chi connectivity index (χ3n) is 5.24. The molecule has 1 atom stereocenters. The summed E-state index contributed by atoms with van der Waals surface area (Å²) < 4.78 is 0. The van der Waals surface area contributed by atoms with Crippen molar-refractivity contribution in [3.05, 3.63) is 60.2 Å². The summed E-state index contributed by atoms with van der Waals surface area (Å²) >= 11 is 0. The van der Waals surface area contributed by atoms with Crippen molar-refractivity contribution in [3.63, 3.8) is 0 Å². The Bertz CT molecular complexity index is 593. The van der Waals surface area contributed by atoms with E-state index in [-0.39, 0.29) is 6.10 Å². The number of aliphatic hydroxyl groups excluding tert-OH is 1. The van der Waals surface area contributed by atoms with Crippen LogP contribution in [0.15, 0.2) is 54.6 Å². The van der Waals surface area contributed by atoms with Crippen molar-refractivity contribution >= 4 is 11.4 Å². The number of anilines is 2. The summed E-state index contributed by atoms with van der Waals surface area (Å²) in [7, 11) is 0. The van der Waals surface area contributed by atoms with E-state index in [1.54, 1.807) is 0 Å². The zero-order chi connectivity index (χ0) is 19.2. The fraction of sp³-hybridized carbons (Fsp3) is 0.520. The molecule has 1 unspecified atom stereocenters. The average Bonchev–Trinajstić information content (AvgIpc) is 2.71. The van der Waals surface area contributed by atoms with E-state index in [1.807, 2.05) is 18.2 Å². The topological polar surface area (TPSA) is 32.3 Å². The van der Waals surface area contributed by atoms with Crippen LogP contribution >= 0.6 is 0 Å². The molecule has 2 rings (SSSR count). The molecule has 0 aliphatic heterocycles. The van der Waals surface area contributed by atoms with Gasteiger partial charge in [-0.3, -0.25) is 0 Å². The molecule has 2 aromatic carbocycles. The van der Waals surface area contributed by atoms with Crippen molar-refractivity contribution in [2.45, 2.75) is 83.7 Å². The molecule has 0 radical (unpaired) electrons.